The predicted octanol–water partition coefficient (Wildman–Crippen LogP) is 3.45. The third-order valence-electron chi connectivity index (χ3n) is 3.63. The van der Waals surface area contributed by atoms with E-state index in [1.165, 1.54) is 0 Å². The second kappa shape index (κ2) is 7.44. The highest BCUT2D eigenvalue weighted by Gasteiger charge is 2.09. The minimum atomic E-state index is -0.334. The zero-order valence-electron chi connectivity index (χ0n) is 12.8. The molecule has 0 unspecified atom stereocenters. The Morgan fingerprint density at radius 3 is 2.46 bits per heavy atom. The van der Waals surface area contributed by atoms with Crippen molar-refractivity contribution < 1.29 is 9.59 Å². The van der Waals surface area contributed by atoms with Crippen LogP contribution in [0.5, 0.6) is 0 Å². The molecule has 0 heterocycles. The molecule has 0 fully saturated rings. The highest BCUT2D eigenvalue weighted by molar-refractivity contribution is 14.1. The van der Waals surface area contributed by atoms with Crippen LogP contribution in [0.3, 0.4) is 0 Å². The Kier molecular flexibility index (Phi) is 5.10. The van der Waals surface area contributed by atoms with Crippen molar-refractivity contribution in [3.05, 3.63) is 81.4 Å². The molecule has 0 aliphatic carbocycles. The van der Waals surface area contributed by atoms with Gasteiger partial charge in [0, 0.05) is 9.13 Å². The fourth-order valence-electron chi connectivity index (χ4n) is 2.49. The van der Waals surface area contributed by atoms with E-state index >= 15 is 0 Å². The Bertz CT molecular complexity index is 903. The highest BCUT2D eigenvalue weighted by atomic mass is 127. The molecule has 0 radical (unpaired) electrons. The standard InChI is InChI=1S/C19H15IN2O2/c20-16-9-4-8-15(11-16)19(24)22-21-18(23)12-14-7-3-6-13-5-1-2-10-17(13)14/h1-11H,12H2,(H,21,23)(H,22,24). The smallest absolute Gasteiger partial charge is 0.269 e. The number of amides is 2. The van der Waals surface area contributed by atoms with Gasteiger partial charge < -0.3 is 0 Å². The van der Waals surface area contributed by atoms with Gasteiger partial charge in [-0.05, 0) is 57.1 Å². The number of carbonyl (C=O) groups excluding carboxylic acids is 2. The fourth-order valence-corrected chi connectivity index (χ4v) is 3.04. The molecule has 3 aromatic carbocycles. The minimum Gasteiger partial charge on any atom is -0.273 e. The van der Waals surface area contributed by atoms with E-state index < -0.39 is 0 Å². The van der Waals surface area contributed by atoms with Crippen molar-refractivity contribution in [3.8, 4) is 0 Å². The van der Waals surface area contributed by atoms with Crippen molar-refractivity contribution in [1.29, 1.82) is 0 Å². The summed E-state index contributed by atoms with van der Waals surface area (Å²) in [6.45, 7) is 0. The average Bonchev–Trinajstić information content (AvgIpc) is 2.60. The second-order valence-electron chi connectivity index (χ2n) is 5.33. The molecule has 0 saturated carbocycles. The summed E-state index contributed by atoms with van der Waals surface area (Å²) in [6, 6.07) is 20.9. The number of hydrogen-bond acceptors (Lipinski definition) is 2. The lowest BCUT2D eigenvalue weighted by atomic mass is 10.0. The lowest BCUT2D eigenvalue weighted by Crippen LogP contribution is -2.42. The lowest BCUT2D eigenvalue weighted by molar-refractivity contribution is -0.121. The molecule has 0 aliphatic rings. The van der Waals surface area contributed by atoms with Gasteiger partial charge in [0.2, 0.25) is 5.91 Å². The molecule has 0 bridgehead atoms. The summed E-state index contributed by atoms with van der Waals surface area (Å²) in [5.41, 5.74) is 6.36. The van der Waals surface area contributed by atoms with Gasteiger partial charge >= 0.3 is 0 Å². The zero-order valence-corrected chi connectivity index (χ0v) is 14.9. The van der Waals surface area contributed by atoms with Gasteiger partial charge in [-0.15, -0.1) is 0 Å². The maximum atomic E-state index is 12.1. The molecular formula is C19H15IN2O2. The van der Waals surface area contributed by atoms with Gasteiger partial charge in [0.1, 0.15) is 0 Å². The monoisotopic (exact) mass is 430 g/mol. The van der Waals surface area contributed by atoms with Crippen LogP contribution >= 0.6 is 22.6 Å². The van der Waals surface area contributed by atoms with E-state index in [0.717, 1.165) is 19.9 Å². The molecule has 5 heteroatoms. The highest BCUT2D eigenvalue weighted by Crippen LogP contribution is 2.18. The van der Waals surface area contributed by atoms with Gasteiger partial charge in [-0.3, -0.25) is 20.4 Å². The number of nitrogens with one attached hydrogen (secondary N) is 2. The van der Waals surface area contributed by atoms with Crippen molar-refractivity contribution in [3.63, 3.8) is 0 Å². The number of hydrazine groups is 1. The molecule has 3 rings (SSSR count). The first-order chi connectivity index (χ1) is 11.6. The Labute approximate surface area is 153 Å². The zero-order chi connectivity index (χ0) is 16.9. The number of hydrogen-bond donors (Lipinski definition) is 2. The molecular weight excluding hydrogens is 415 g/mol. The molecule has 0 aromatic heterocycles. The molecule has 3 aromatic rings. The molecule has 0 saturated heterocycles. The molecule has 24 heavy (non-hydrogen) atoms. The number of rotatable bonds is 3. The Morgan fingerprint density at radius 2 is 1.62 bits per heavy atom. The van der Waals surface area contributed by atoms with Gasteiger partial charge in [0.15, 0.2) is 0 Å². The van der Waals surface area contributed by atoms with Gasteiger partial charge in [-0.2, -0.15) is 0 Å². The third-order valence-corrected chi connectivity index (χ3v) is 4.30. The van der Waals surface area contributed by atoms with Crippen LogP contribution in [0.15, 0.2) is 66.7 Å². The van der Waals surface area contributed by atoms with Crippen LogP contribution in [0.1, 0.15) is 15.9 Å². The van der Waals surface area contributed by atoms with Crippen molar-refractivity contribution in [2.45, 2.75) is 6.42 Å². The Hall–Kier alpha value is -2.41. The van der Waals surface area contributed by atoms with E-state index in [9.17, 15) is 9.59 Å². The van der Waals surface area contributed by atoms with E-state index in [1.807, 2.05) is 48.5 Å². The second-order valence-corrected chi connectivity index (χ2v) is 6.57. The topological polar surface area (TPSA) is 58.2 Å². The van der Waals surface area contributed by atoms with E-state index in [2.05, 4.69) is 33.4 Å². The van der Waals surface area contributed by atoms with Crippen LogP contribution in [-0.4, -0.2) is 11.8 Å². The number of fused-ring (bicyclic) bond motifs is 1. The van der Waals surface area contributed by atoms with Crippen molar-refractivity contribution in [2.24, 2.45) is 0 Å². The maximum Gasteiger partial charge on any atom is 0.269 e. The summed E-state index contributed by atoms with van der Waals surface area (Å²) in [6.07, 6.45) is 0.202. The van der Waals surface area contributed by atoms with Crippen molar-refractivity contribution in [1.82, 2.24) is 10.9 Å². The van der Waals surface area contributed by atoms with Crippen LogP contribution in [-0.2, 0) is 11.2 Å². The van der Waals surface area contributed by atoms with Crippen LogP contribution in [0, 0.1) is 3.57 Å². The van der Waals surface area contributed by atoms with Gasteiger partial charge in [-0.1, -0.05) is 48.5 Å². The van der Waals surface area contributed by atoms with Gasteiger partial charge in [0.25, 0.3) is 5.91 Å². The Balaban J connectivity index is 1.64. The first-order valence-corrected chi connectivity index (χ1v) is 8.53. The predicted molar refractivity (Wildman–Crippen MR) is 102 cm³/mol. The van der Waals surface area contributed by atoms with E-state index in [-0.39, 0.29) is 18.2 Å². The molecule has 0 aliphatic heterocycles. The summed E-state index contributed by atoms with van der Waals surface area (Å²) in [7, 11) is 0. The Morgan fingerprint density at radius 1 is 0.875 bits per heavy atom. The van der Waals surface area contributed by atoms with Crippen LogP contribution in [0.2, 0.25) is 0 Å². The first-order valence-electron chi connectivity index (χ1n) is 7.45. The average molecular weight is 430 g/mol. The summed E-state index contributed by atoms with van der Waals surface area (Å²) >= 11 is 2.14. The van der Waals surface area contributed by atoms with E-state index in [4.69, 9.17) is 0 Å². The lowest BCUT2D eigenvalue weighted by Gasteiger charge is -2.09. The summed E-state index contributed by atoms with van der Waals surface area (Å²) < 4.78 is 0.960. The minimum absolute atomic E-state index is 0.202. The van der Waals surface area contributed by atoms with E-state index in [0.29, 0.717) is 5.56 Å². The van der Waals surface area contributed by atoms with Crippen LogP contribution < -0.4 is 10.9 Å². The largest absolute Gasteiger partial charge is 0.273 e. The van der Waals surface area contributed by atoms with E-state index in [1.54, 1.807) is 18.2 Å². The summed E-state index contributed by atoms with van der Waals surface area (Å²) in [5, 5.41) is 2.13. The normalized spacial score (nSPS) is 10.4. The van der Waals surface area contributed by atoms with Crippen LogP contribution in [0.25, 0.3) is 10.8 Å². The quantitative estimate of drug-likeness (QED) is 0.494. The fraction of sp³-hybridized carbons (Fsp3) is 0.0526. The van der Waals surface area contributed by atoms with Crippen LogP contribution in [0.4, 0.5) is 0 Å². The number of benzene rings is 3. The first kappa shape index (κ1) is 16.4. The molecule has 2 N–H and O–H groups in total. The number of carbonyl (C=O) groups is 2. The number of halogens is 1. The molecule has 120 valence electrons. The van der Waals surface area contributed by atoms with Crippen molar-refractivity contribution >= 4 is 45.2 Å². The molecule has 2 amide bonds. The summed E-state index contributed by atoms with van der Waals surface area (Å²) in [4.78, 5) is 24.2. The summed E-state index contributed by atoms with van der Waals surface area (Å²) in [5.74, 6) is -0.592. The SMILES string of the molecule is O=C(Cc1cccc2ccccc12)NNC(=O)c1cccc(I)c1. The molecule has 0 atom stereocenters. The van der Waals surface area contributed by atoms with Gasteiger partial charge in [0.05, 0.1) is 6.42 Å². The maximum absolute atomic E-state index is 12.1. The van der Waals surface area contributed by atoms with Gasteiger partial charge in [-0.25, -0.2) is 0 Å². The molecule has 4 nitrogen and oxygen atoms in total. The third kappa shape index (κ3) is 3.91. The van der Waals surface area contributed by atoms with Crippen molar-refractivity contribution in [2.75, 3.05) is 0 Å². The molecule has 0 spiro atoms.